The highest BCUT2D eigenvalue weighted by Gasteiger charge is 2.35. The molecule has 0 saturated carbocycles. The highest BCUT2D eigenvalue weighted by atomic mass is 32.2. The molecule has 0 heterocycles. The van der Waals surface area contributed by atoms with Gasteiger partial charge in [-0.05, 0) is 31.9 Å². The van der Waals surface area contributed by atoms with Crippen LogP contribution in [0.1, 0.15) is 137 Å². The van der Waals surface area contributed by atoms with Crippen LogP contribution in [0.25, 0.3) is 0 Å². The summed E-state index contributed by atoms with van der Waals surface area (Å²) in [4.78, 5) is 31.6. The number of rotatable bonds is 25. The predicted molar refractivity (Wildman–Crippen MR) is 145 cm³/mol. The van der Waals surface area contributed by atoms with Gasteiger partial charge in [0.25, 0.3) is 0 Å². The normalized spacial score (nSPS) is 15.1. The lowest BCUT2D eigenvalue weighted by molar-refractivity contribution is -0.262. The molecular weight excluding hydrogens is 471 g/mol. The van der Waals surface area contributed by atoms with Crippen LogP contribution < -0.4 is 0 Å². The third-order valence-corrected chi connectivity index (χ3v) is 8.56. The van der Waals surface area contributed by atoms with Crippen LogP contribution in [0.5, 0.6) is 0 Å². The zero-order chi connectivity index (χ0) is 25.5. The zero-order valence-electron chi connectivity index (χ0n) is 22.4. The van der Waals surface area contributed by atoms with E-state index in [0.29, 0.717) is 6.42 Å². The molecule has 1 N–H and O–H groups in total. The van der Waals surface area contributed by atoms with E-state index in [2.05, 4.69) is 13.8 Å². The van der Waals surface area contributed by atoms with Crippen LogP contribution >= 0.6 is 19.4 Å². The molecule has 0 aromatic rings. The Hall–Kier alpha value is -0.0700. The molecule has 0 radical (unpaired) electrons. The van der Waals surface area contributed by atoms with Crippen LogP contribution in [-0.2, 0) is 18.9 Å². The molecule has 6 nitrogen and oxygen atoms in total. The first kappa shape index (κ1) is 33.9. The van der Waals surface area contributed by atoms with Gasteiger partial charge in [0.2, 0.25) is 0 Å². The number of thioether (sulfide) groups is 1. The fraction of sp³-hybridized carbons (Fsp3) is 0.962. The van der Waals surface area contributed by atoms with Gasteiger partial charge in [0.15, 0.2) is 0 Å². The van der Waals surface area contributed by atoms with Crippen LogP contribution in [0.15, 0.2) is 0 Å². The fourth-order valence-corrected chi connectivity index (χ4v) is 5.72. The Kier molecular flexibility index (Phi) is 23.3. The maximum absolute atomic E-state index is 11.9. The van der Waals surface area contributed by atoms with Crippen molar-refractivity contribution in [2.45, 2.75) is 148 Å². The Morgan fingerprint density at radius 3 is 1.82 bits per heavy atom. The maximum Gasteiger partial charge on any atom is 0.452 e. The second kappa shape index (κ2) is 23.3. The van der Waals surface area contributed by atoms with E-state index in [1.54, 1.807) is 6.92 Å². The number of hydrogen-bond donors (Lipinski definition) is 1. The number of unbranched alkanes of at least 4 members (excludes halogenated alkanes) is 13. The SMILES string of the molecule is CCCCCCCCCCSC(CCCCCCCCC)C(C)OOC(=O)P(=O)(O)OCCC. The first-order valence-electron chi connectivity index (χ1n) is 13.9. The average Bonchev–Trinajstić information content (AvgIpc) is 2.82. The average molecular weight is 525 g/mol. The standard InChI is InChI=1S/C26H53O6PS/c1-5-8-10-12-14-16-18-20-23-34-25(21-19-17-15-13-11-9-6-2)24(4)31-32-26(27)33(28,29)30-22-7-3/h24-25H,5-23H2,1-4H3,(H,28,29). The molecule has 0 amide bonds. The first-order chi connectivity index (χ1) is 16.4. The van der Waals surface area contributed by atoms with Gasteiger partial charge < -0.3 is 9.42 Å². The van der Waals surface area contributed by atoms with Crippen molar-refractivity contribution in [1.29, 1.82) is 0 Å². The van der Waals surface area contributed by atoms with Gasteiger partial charge in [0, 0.05) is 5.25 Å². The van der Waals surface area contributed by atoms with Crippen LogP contribution in [0, 0.1) is 0 Å². The van der Waals surface area contributed by atoms with E-state index in [9.17, 15) is 14.3 Å². The zero-order valence-corrected chi connectivity index (χ0v) is 24.1. The lowest BCUT2D eigenvalue weighted by Crippen LogP contribution is -2.25. The van der Waals surface area contributed by atoms with Gasteiger partial charge in [-0.1, -0.05) is 111 Å². The van der Waals surface area contributed by atoms with Crippen LogP contribution in [0.4, 0.5) is 4.79 Å². The van der Waals surface area contributed by atoms with E-state index < -0.39 is 13.3 Å². The Balaban J connectivity index is 4.41. The van der Waals surface area contributed by atoms with Crippen molar-refractivity contribution in [2.24, 2.45) is 0 Å². The molecule has 0 aromatic heterocycles. The maximum atomic E-state index is 11.9. The van der Waals surface area contributed by atoms with Crippen molar-refractivity contribution >= 4 is 25.1 Å². The summed E-state index contributed by atoms with van der Waals surface area (Å²) >= 11 is 1.87. The molecule has 0 rings (SSSR count). The third kappa shape index (κ3) is 19.2. The molecule has 0 aromatic carbocycles. The van der Waals surface area contributed by atoms with Crippen molar-refractivity contribution in [3.8, 4) is 0 Å². The molecule has 34 heavy (non-hydrogen) atoms. The van der Waals surface area contributed by atoms with Crippen LogP contribution in [-0.4, -0.2) is 34.3 Å². The van der Waals surface area contributed by atoms with E-state index in [-0.39, 0.29) is 18.0 Å². The van der Waals surface area contributed by atoms with Crippen molar-refractivity contribution in [3.63, 3.8) is 0 Å². The van der Waals surface area contributed by atoms with Gasteiger partial charge in [0.1, 0.15) is 6.10 Å². The molecule has 0 aliphatic rings. The topological polar surface area (TPSA) is 82.1 Å². The highest BCUT2D eigenvalue weighted by molar-refractivity contribution is 7.99. The molecule has 204 valence electrons. The van der Waals surface area contributed by atoms with Crippen molar-refractivity contribution < 1.29 is 28.6 Å². The minimum Gasteiger partial charge on any atom is -0.316 e. The summed E-state index contributed by atoms with van der Waals surface area (Å²) in [5, 5.41) is 0.183. The predicted octanol–water partition coefficient (Wildman–Crippen LogP) is 9.44. The fourth-order valence-electron chi connectivity index (χ4n) is 3.72. The second-order valence-corrected chi connectivity index (χ2v) is 12.3. The smallest absolute Gasteiger partial charge is 0.316 e. The highest BCUT2D eigenvalue weighted by Crippen LogP contribution is 2.44. The number of carbonyl (C=O) groups excluding carboxylic acids is 1. The van der Waals surface area contributed by atoms with Gasteiger partial charge in [-0.15, -0.1) is 0 Å². The first-order valence-corrected chi connectivity index (χ1v) is 16.5. The van der Waals surface area contributed by atoms with Gasteiger partial charge in [0.05, 0.1) is 6.61 Å². The Labute approximate surface area is 214 Å². The van der Waals surface area contributed by atoms with Crippen molar-refractivity contribution in [2.75, 3.05) is 12.4 Å². The number of hydrogen-bond acceptors (Lipinski definition) is 6. The Bertz CT molecular complexity index is 520. The molecule has 3 atom stereocenters. The van der Waals surface area contributed by atoms with Gasteiger partial charge in [-0.3, -0.25) is 4.89 Å². The van der Waals surface area contributed by atoms with Crippen LogP contribution in [0.2, 0.25) is 0 Å². The van der Waals surface area contributed by atoms with Gasteiger partial charge in [-0.2, -0.15) is 16.6 Å². The van der Waals surface area contributed by atoms with Crippen LogP contribution in [0.3, 0.4) is 0 Å². The van der Waals surface area contributed by atoms with E-state index >= 15 is 0 Å². The lowest BCUT2D eigenvalue weighted by Gasteiger charge is -2.23. The molecule has 0 fully saturated rings. The summed E-state index contributed by atoms with van der Waals surface area (Å²) in [5.41, 5.74) is -1.34. The summed E-state index contributed by atoms with van der Waals surface area (Å²) in [6, 6.07) is 0. The van der Waals surface area contributed by atoms with E-state index in [4.69, 9.17) is 14.3 Å². The molecular formula is C26H53O6PS. The third-order valence-electron chi connectivity index (χ3n) is 5.92. The minimum absolute atomic E-state index is 0.0216. The summed E-state index contributed by atoms with van der Waals surface area (Å²) in [6.45, 7) is 8.16. The Morgan fingerprint density at radius 1 is 0.794 bits per heavy atom. The van der Waals surface area contributed by atoms with Gasteiger partial charge >= 0.3 is 13.3 Å². The van der Waals surface area contributed by atoms with E-state index in [0.717, 1.165) is 18.6 Å². The quantitative estimate of drug-likeness (QED) is 0.0551. The van der Waals surface area contributed by atoms with Gasteiger partial charge in [-0.25, -0.2) is 9.36 Å². The lowest BCUT2D eigenvalue weighted by atomic mass is 10.1. The molecule has 0 aliphatic heterocycles. The molecule has 8 heteroatoms. The molecule has 0 aliphatic carbocycles. The summed E-state index contributed by atoms with van der Waals surface area (Å²) < 4.78 is 16.6. The van der Waals surface area contributed by atoms with Crippen molar-refractivity contribution in [1.82, 2.24) is 0 Å². The molecule has 0 saturated heterocycles. The number of carbonyl (C=O) groups is 1. The van der Waals surface area contributed by atoms with E-state index in [1.165, 1.54) is 89.9 Å². The summed E-state index contributed by atoms with van der Waals surface area (Å²) in [6.07, 6.45) is 20.2. The summed E-state index contributed by atoms with van der Waals surface area (Å²) in [7, 11) is -4.46. The summed E-state index contributed by atoms with van der Waals surface area (Å²) in [5.74, 6) is 1.05. The second-order valence-electron chi connectivity index (χ2n) is 9.30. The molecule has 0 bridgehead atoms. The molecule has 0 spiro atoms. The monoisotopic (exact) mass is 524 g/mol. The Morgan fingerprint density at radius 2 is 1.29 bits per heavy atom. The molecule has 3 unspecified atom stereocenters. The van der Waals surface area contributed by atoms with E-state index in [1.807, 2.05) is 18.7 Å². The minimum atomic E-state index is -4.46. The van der Waals surface area contributed by atoms with Crippen molar-refractivity contribution in [3.05, 3.63) is 0 Å². The largest absolute Gasteiger partial charge is 0.452 e.